The molecule has 0 bridgehead atoms. The fourth-order valence-corrected chi connectivity index (χ4v) is 3.64. The lowest BCUT2D eigenvalue weighted by molar-refractivity contribution is -0.130. The summed E-state index contributed by atoms with van der Waals surface area (Å²) in [4.78, 5) is 16.9. The van der Waals surface area contributed by atoms with Crippen LogP contribution in [0, 0.1) is 25.6 Å². The van der Waals surface area contributed by atoms with E-state index in [0.29, 0.717) is 25.4 Å². The van der Waals surface area contributed by atoms with Crippen LogP contribution in [-0.2, 0) is 17.8 Å². The van der Waals surface area contributed by atoms with Crippen LogP contribution in [0.2, 0.25) is 0 Å². The fourth-order valence-electron chi connectivity index (χ4n) is 3.64. The first-order valence-electron chi connectivity index (χ1n) is 9.66. The van der Waals surface area contributed by atoms with E-state index in [-0.39, 0.29) is 11.7 Å². The van der Waals surface area contributed by atoms with E-state index in [0.717, 1.165) is 42.3 Å². The maximum atomic E-state index is 13.1. The number of hydrogen-bond acceptors (Lipinski definition) is 3. The first-order chi connectivity index (χ1) is 12.8. The molecule has 0 spiro atoms. The van der Waals surface area contributed by atoms with Gasteiger partial charge in [-0.3, -0.25) is 9.48 Å². The van der Waals surface area contributed by atoms with E-state index in [1.807, 2.05) is 16.5 Å². The van der Waals surface area contributed by atoms with E-state index in [2.05, 4.69) is 30.8 Å². The van der Waals surface area contributed by atoms with Gasteiger partial charge < -0.3 is 9.80 Å². The molecule has 146 valence electrons. The van der Waals surface area contributed by atoms with Crippen molar-refractivity contribution in [1.82, 2.24) is 14.7 Å². The second-order valence-electron chi connectivity index (χ2n) is 7.75. The van der Waals surface area contributed by atoms with Crippen LogP contribution in [0.5, 0.6) is 0 Å². The van der Waals surface area contributed by atoms with Crippen molar-refractivity contribution in [2.45, 2.75) is 40.7 Å². The van der Waals surface area contributed by atoms with Gasteiger partial charge in [-0.25, -0.2) is 4.39 Å². The molecule has 2 heterocycles. The standard InChI is InChI=1S/C21H29FN4O/c1-15(2)14-26-17(4)20(16(3)23-26)13-21(27)25-11-9-24(10-12-25)19-7-5-18(22)6-8-19/h5-8,15H,9-14H2,1-4H3. The van der Waals surface area contributed by atoms with Gasteiger partial charge >= 0.3 is 0 Å². The molecule has 1 aliphatic heterocycles. The van der Waals surface area contributed by atoms with Gasteiger partial charge in [-0.15, -0.1) is 0 Å². The predicted octanol–water partition coefficient (Wildman–Crippen LogP) is 3.19. The number of anilines is 1. The van der Waals surface area contributed by atoms with Crippen LogP contribution in [0.4, 0.5) is 10.1 Å². The maximum absolute atomic E-state index is 13.1. The van der Waals surface area contributed by atoms with Crippen molar-refractivity contribution in [3.05, 3.63) is 47.0 Å². The number of benzene rings is 1. The van der Waals surface area contributed by atoms with Gasteiger partial charge in [0.1, 0.15) is 5.82 Å². The van der Waals surface area contributed by atoms with Crippen LogP contribution >= 0.6 is 0 Å². The Bertz CT molecular complexity index is 789. The van der Waals surface area contributed by atoms with Crippen LogP contribution in [0.15, 0.2) is 24.3 Å². The van der Waals surface area contributed by atoms with Crippen molar-refractivity contribution >= 4 is 11.6 Å². The number of nitrogens with zero attached hydrogens (tertiary/aromatic N) is 4. The molecule has 0 radical (unpaired) electrons. The third kappa shape index (κ3) is 4.49. The van der Waals surface area contributed by atoms with Crippen molar-refractivity contribution in [2.75, 3.05) is 31.1 Å². The first-order valence-corrected chi connectivity index (χ1v) is 9.66. The molecule has 1 saturated heterocycles. The highest BCUT2D eigenvalue weighted by atomic mass is 19.1. The molecule has 27 heavy (non-hydrogen) atoms. The van der Waals surface area contributed by atoms with Crippen LogP contribution in [0.1, 0.15) is 30.8 Å². The second-order valence-corrected chi connectivity index (χ2v) is 7.75. The second kappa shape index (κ2) is 8.11. The molecule has 1 aromatic heterocycles. The number of hydrogen-bond donors (Lipinski definition) is 0. The van der Waals surface area contributed by atoms with Crippen LogP contribution in [-0.4, -0.2) is 46.8 Å². The molecule has 0 unspecified atom stereocenters. The summed E-state index contributed by atoms with van der Waals surface area (Å²) in [6.45, 7) is 12.2. The van der Waals surface area contributed by atoms with E-state index in [1.165, 1.54) is 12.1 Å². The highest BCUT2D eigenvalue weighted by Crippen LogP contribution is 2.19. The number of aromatic nitrogens is 2. The molecular formula is C21H29FN4O. The zero-order chi connectivity index (χ0) is 19.6. The van der Waals surface area contributed by atoms with Gasteiger partial charge in [0.25, 0.3) is 0 Å². The van der Waals surface area contributed by atoms with Gasteiger partial charge in [0.2, 0.25) is 5.91 Å². The highest BCUT2D eigenvalue weighted by Gasteiger charge is 2.23. The molecule has 0 saturated carbocycles. The average molecular weight is 372 g/mol. The number of aryl methyl sites for hydroxylation is 1. The Kier molecular flexibility index (Phi) is 5.82. The molecule has 2 aromatic rings. The Balaban J connectivity index is 1.60. The first kappa shape index (κ1) is 19.4. The molecule has 1 aromatic carbocycles. The zero-order valence-electron chi connectivity index (χ0n) is 16.7. The third-order valence-electron chi connectivity index (χ3n) is 5.22. The van der Waals surface area contributed by atoms with Crippen molar-refractivity contribution in [2.24, 2.45) is 5.92 Å². The van der Waals surface area contributed by atoms with E-state index in [4.69, 9.17) is 0 Å². The Morgan fingerprint density at radius 2 is 1.74 bits per heavy atom. The molecule has 0 atom stereocenters. The fraction of sp³-hybridized carbons (Fsp3) is 0.524. The minimum Gasteiger partial charge on any atom is -0.368 e. The van der Waals surface area contributed by atoms with Gasteiger partial charge in [-0.05, 0) is 44.0 Å². The van der Waals surface area contributed by atoms with E-state index < -0.39 is 0 Å². The Labute approximate surface area is 160 Å². The maximum Gasteiger partial charge on any atom is 0.227 e. The summed E-state index contributed by atoms with van der Waals surface area (Å²) in [5.74, 6) is 0.450. The number of rotatable bonds is 5. The Morgan fingerprint density at radius 1 is 1.11 bits per heavy atom. The van der Waals surface area contributed by atoms with E-state index in [1.54, 1.807) is 12.1 Å². The predicted molar refractivity (Wildman–Crippen MR) is 105 cm³/mol. The largest absolute Gasteiger partial charge is 0.368 e. The normalized spacial score (nSPS) is 14.9. The number of carbonyl (C=O) groups excluding carboxylic acids is 1. The monoisotopic (exact) mass is 372 g/mol. The Morgan fingerprint density at radius 3 is 2.33 bits per heavy atom. The van der Waals surface area contributed by atoms with Gasteiger partial charge in [-0.1, -0.05) is 13.8 Å². The highest BCUT2D eigenvalue weighted by molar-refractivity contribution is 5.79. The lowest BCUT2D eigenvalue weighted by Gasteiger charge is -2.36. The third-order valence-corrected chi connectivity index (χ3v) is 5.22. The number of halogens is 1. The van der Waals surface area contributed by atoms with Crippen molar-refractivity contribution in [3.63, 3.8) is 0 Å². The summed E-state index contributed by atoms with van der Waals surface area (Å²) in [6, 6.07) is 6.55. The molecule has 3 rings (SSSR count). The average Bonchev–Trinajstić information content (AvgIpc) is 2.89. The van der Waals surface area contributed by atoms with E-state index in [9.17, 15) is 9.18 Å². The smallest absolute Gasteiger partial charge is 0.227 e. The molecule has 6 heteroatoms. The summed E-state index contributed by atoms with van der Waals surface area (Å²) in [5.41, 5.74) is 4.11. The molecule has 0 aliphatic carbocycles. The summed E-state index contributed by atoms with van der Waals surface area (Å²) in [5, 5.41) is 4.61. The molecule has 1 fully saturated rings. The minimum absolute atomic E-state index is 0.157. The quantitative estimate of drug-likeness (QED) is 0.809. The number of piperazine rings is 1. The van der Waals surface area contributed by atoms with E-state index >= 15 is 0 Å². The molecule has 1 amide bonds. The lowest BCUT2D eigenvalue weighted by atomic mass is 10.1. The van der Waals surface area contributed by atoms with Crippen molar-refractivity contribution < 1.29 is 9.18 Å². The van der Waals surface area contributed by atoms with Crippen LogP contribution in [0.25, 0.3) is 0 Å². The number of amides is 1. The van der Waals surface area contributed by atoms with Crippen molar-refractivity contribution in [1.29, 1.82) is 0 Å². The SMILES string of the molecule is Cc1nn(CC(C)C)c(C)c1CC(=O)N1CCN(c2ccc(F)cc2)CC1. The van der Waals surface area contributed by atoms with Crippen LogP contribution < -0.4 is 4.90 Å². The molecule has 5 nitrogen and oxygen atoms in total. The lowest BCUT2D eigenvalue weighted by Crippen LogP contribution is -2.49. The van der Waals surface area contributed by atoms with Crippen molar-refractivity contribution in [3.8, 4) is 0 Å². The molecule has 1 aliphatic rings. The molecular weight excluding hydrogens is 343 g/mol. The van der Waals surface area contributed by atoms with Gasteiger partial charge in [0.15, 0.2) is 0 Å². The number of carbonyl (C=O) groups is 1. The van der Waals surface area contributed by atoms with Gasteiger partial charge in [0.05, 0.1) is 12.1 Å². The summed E-state index contributed by atoms with van der Waals surface area (Å²) >= 11 is 0. The van der Waals surface area contributed by atoms with Crippen LogP contribution in [0.3, 0.4) is 0 Å². The zero-order valence-corrected chi connectivity index (χ0v) is 16.7. The Hall–Kier alpha value is -2.37. The van der Waals surface area contributed by atoms with Gasteiger partial charge in [-0.2, -0.15) is 5.10 Å². The summed E-state index contributed by atoms with van der Waals surface area (Å²) in [7, 11) is 0. The summed E-state index contributed by atoms with van der Waals surface area (Å²) in [6.07, 6.45) is 0.409. The topological polar surface area (TPSA) is 41.4 Å². The molecule has 0 N–H and O–H groups in total. The van der Waals surface area contributed by atoms with Gasteiger partial charge in [0, 0.05) is 49.7 Å². The summed E-state index contributed by atoms with van der Waals surface area (Å²) < 4.78 is 15.1. The minimum atomic E-state index is -0.226.